The second-order valence-corrected chi connectivity index (χ2v) is 3.41. The number of aryl methyl sites for hydroxylation is 1. The number of carbonyl (C=O) groups is 2. The number of hydrogen-bond acceptors (Lipinski definition) is 4. The van der Waals surface area contributed by atoms with Gasteiger partial charge in [-0.25, -0.2) is 0 Å². The topological polar surface area (TPSA) is 115 Å². The van der Waals surface area contributed by atoms with E-state index in [0.29, 0.717) is 5.56 Å². The van der Waals surface area contributed by atoms with Crippen LogP contribution < -0.4 is 11.1 Å². The lowest BCUT2D eigenvalue weighted by molar-refractivity contribution is -0.384. The molecule has 0 fully saturated rings. The third-order valence-corrected chi connectivity index (χ3v) is 2.10. The number of carbonyl (C=O) groups excluding carboxylic acids is 2. The first kappa shape index (κ1) is 12.6. The van der Waals surface area contributed by atoms with Crippen molar-refractivity contribution in [3.05, 3.63) is 39.4 Å². The average molecular weight is 237 g/mol. The van der Waals surface area contributed by atoms with Crippen molar-refractivity contribution in [3.8, 4) is 0 Å². The fourth-order valence-electron chi connectivity index (χ4n) is 1.23. The maximum atomic E-state index is 11.6. The molecule has 1 aromatic rings. The Labute approximate surface area is 96.8 Å². The molecule has 0 unspecified atom stereocenters. The molecule has 0 aliphatic rings. The van der Waals surface area contributed by atoms with Gasteiger partial charge in [0.05, 0.1) is 11.5 Å². The Bertz CT molecular complexity index is 484. The molecule has 1 rings (SSSR count). The molecule has 0 spiro atoms. The summed E-state index contributed by atoms with van der Waals surface area (Å²) >= 11 is 0. The van der Waals surface area contributed by atoms with E-state index in [1.54, 1.807) is 6.92 Å². The van der Waals surface area contributed by atoms with Gasteiger partial charge < -0.3 is 11.1 Å². The van der Waals surface area contributed by atoms with E-state index in [9.17, 15) is 19.7 Å². The zero-order valence-corrected chi connectivity index (χ0v) is 9.10. The van der Waals surface area contributed by atoms with Crippen LogP contribution in [0, 0.1) is 17.0 Å². The van der Waals surface area contributed by atoms with Crippen molar-refractivity contribution >= 4 is 17.5 Å². The van der Waals surface area contributed by atoms with Gasteiger partial charge in [0.25, 0.3) is 11.6 Å². The van der Waals surface area contributed by atoms with Crippen molar-refractivity contribution in [3.63, 3.8) is 0 Å². The molecule has 0 aromatic heterocycles. The standard InChI is InChI=1S/C10H11N3O4/c1-6-2-3-7(13(16)17)4-8(6)10(15)12-5-9(11)14/h2-4H,5H2,1H3,(H2,11,14)(H,12,15). The monoisotopic (exact) mass is 237 g/mol. The highest BCUT2D eigenvalue weighted by atomic mass is 16.6. The van der Waals surface area contributed by atoms with E-state index in [-0.39, 0.29) is 17.8 Å². The van der Waals surface area contributed by atoms with E-state index in [0.717, 1.165) is 6.07 Å². The number of nitrogens with zero attached hydrogens (tertiary/aromatic N) is 1. The Balaban J connectivity index is 2.95. The molecule has 90 valence electrons. The lowest BCUT2D eigenvalue weighted by Crippen LogP contribution is -2.33. The summed E-state index contributed by atoms with van der Waals surface area (Å²) in [6.07, 6.45) is 0. The van der Waals surface area contributed by atoms with E-state index in [1.165, 1.54) is 12.1 Å². The molecule has 3 N–H and O–H groups in total. The molecule has 0 heterocycles. The highest BCUT2D eigenvalue weighted by Gasteiger charge is 2.14. The first-order chi connectivity index (χ1) is 7.91. The van der Waals surface area contributed by atoms with Crippen molar-refractivity contribution in [1.29, 1.82) is 0 Å². The zero-order valence-electron chi connectivity index (χ0n) is 9.10. The van der Waals surface area contributed by atoms with Gasteiger partial charge in [0.1, 0.15) is 0 Å². The van der Waals surface area contributed by atoms with Crippen molar-refractivity contribution in [2.45, 2.75) is 6.92 Å². The molecular formula is C10H11N3O4. The smallest absolute Gasteiger partial charge is 0.270 e. The van der Waals surface area contributed by atoms with E-state index in [2.05, 4.69) is 5.32 Å². The van der Waals surface area contributed by atoms with Gasteiger partial charge in [0, 0.05) is 17.7 Å². The van der Waals surface area contributed by atoms with Crippen LogP contribution in [0.4, 0.5) is 5.69 Å². The van der Waals surface area contributed by atoms with Crippen molar-refractivity contribution in [2.24, 2.45) is 5.73 Å². The average Bonchev–Trinajstić information content (AvgIpc) is 2.26. The number of amides is 2. The number of primary amides is 1. The van der Waals surface area contributed by atoms with Gasteiger partial charge in [0.15, 0.2) is 0 Å². The van der Waals surface area contributed by atoms with Crippen LogP contribution in [0.2, 0.25) is 0 Å². The normalized spacial score (nSPS) is 9.71. The largest absolute Gasteiger partial charge is 0.368 e. The highest BCUT2D eigenvalue weighted by Crippen LogP contribution is 2.17. The third-order valence-electron chi connectivity index (χ3n) is 2.10. The van der Waals surface area contributed by atoms with Crippen molar-refractivity contribution < 1.29 is 14.5 Å². The summed E-state index contributed by atoms with van der Waals surface area (Å²) < 4.78 is 0. The summed E-state index contributed by atoms with van der Waals surface area (Å²) in [4.78, 5) is 32.1. The van der Waals surface area contributed by atoms with Crippen LogP contribution in [-0.2, 0) is 4.79 Å². The Kier molecular flexibility index (Phi) is 3.76. The van der Waals surface area contributed by atoms with E-state index in [1.807, 2.05) is 0 Å². The first-order valence-electron chi connectivity index (χ1n) is 4.73. The van der Waals surface area contributed by atoms with Gasteiger partial charge >= 0.3 is 0 Å². The van der Waals surface area contributed by atoms with Crippen LogP contribution in [0.5, 0.6) is 0 Å². The fourth-order valence-corrected chi connectivity index (χ4v) is 1.23. The van der Waals surface area contributed by atoms with Crippen LogP contribution >= 0.6 is 0 Å². The maximum Gasteiger partial charge on any atom is 0.270 e. The summed E-state index contributed by atoms with van der Waals surface area (Å²) in [6.45, 7) is 1.34. The molecule has 17 heavy (non-hydrogen) atoms. The lowest BCUT2D eigenvalue weighted by atomic mass is 10.1. The fraction of sp³-hybridized carbons (Fsp3) is 0.200. The summed E-state index contributed by atoms with van der Waals surface area (Å²) in [5.41, 5.74) is 5.43. The van der Waals surface area contributed by atoms with E-state index in [4.69, 9.17) is 5.73 Å². The maximum absolute atomic E-state index is 11.6. The van der Waals surface area contributed by atoms with E-state index >= 15 is 0 Å². The van der Waals surface area contributed by atoms with Gasteiger partial charge in [-0.05, 0) is 12.5 Å². The molecule has 0 aliphatic carbocycles. The van der Waals surface area contributed by atoms with Crippen LogP contribution in [0.25, 0.3) is 0 Å². The van der Waals surface area contributed by atoms with Gasteiger partial charge in [0.2, 0.25) is 5.91 Å². The van der Waals surface area contributed by atoms with Crippen LogP contribution in [0.1, 0.15) is 15.9 Å². The van der Waals surface area contributed by atoms with Gasteiger partial charge in [-0.15, -0.1) is 0 Å². The first-order valence-corrected chi connectivity index (χ1v) is 4.73. The van der Waals surface area contributed by atoms with Crippen LogP contribution in [0.15, 0.2) is 18.2 Å². The second kappa shape index (κ2) is 5.06. The molecule has 0 bridgehead atoms. The van der Waals surface area contributed by atoms with Crippen LogP contribution in [-0.4, -0.2) is 23.3 Å². The third kappa shape index (κ3) is 3.26. The summed E-state index contributed by atoms with van der Waals surface area (Å²) in [7, 11) is 0. The van der Waals surface area contributed by atoms with Crippen molar-refractivity contribution in [2.75, 3.05) is 6.54 Å². The second-order valence-electron chi connectivity index (χ2n) is 3.41. The molecule has 0 aliphatic heterocycles. The summed E-state index contributed by atoms with van der Waals surface area (Å²) in [6, 6.07) is 3.93. The van der Waals surface area contributed by atoms with Gasteiger partial charge in [-0.1, -0.05) is 6.07 Å². The number of hydrogen-bond donors (Lipinski definition) is 2. The Hall–Kier alpha value is -2.44. The number of nitrogens with two attached hydrogens (primary N) is 1. The Morgan fingerprint density at radius 2 is 2.12 bits per heavy atom. The molecule has 1 aromatic carbocycles. The Morgan fingerprint density at radius 1 is 1.47 bits per heavy atom. The minimum atomic E-state index is -0.679. The highest BCUT2D eigenvalue weighted by molar-refractivity contribution is 5.98. The van der Waals surface area contributed by atoms with E-state index < -0.39 is 16.7 Å². The predicted molar refractivity (Wildman–Crippen MR) is 59.4 cm³/mol. The van der Waals surface area contributed by atoms with Gasteiger partial charge in [-0.2, -0.15) is 0 Å². The number of benzene rings is 1. The molecule has 7 heteroatoms. The zero-order chi connectivity index (χ0) is 13.0. The molecule has 0 atom stereocenters. The lowest BCUT2D eigenvalue weighted by Gasteiger charge is -2.05. The minimum absolute atomic E-state index is 0.153. The number of nitrogens with one attached hydrogen (secondary N) is 1. The number of non-ortho nitro benzene ring substituents is 1. The quantitative estimate of drug-likeness (QED) is 0.571. The molecule has 0 saturated carbocycles. The Morgan fingerprint density at radius 3 is 2.65 bits per heavy atom. The number of nitro groups is 1. The molecule has 0 saturated heterocycles. The van der Waals surface area contributed by atoms with Crippen molar-refractivity contribution in [1.82, 2.24) is 5.32 Å². The SMILES string of the molecule is Cc1ccc([N+](=O)[O-])cc1C(=O)NCC(N)=O. The molecule has 0 radical (unpaired) electrons. The minimum Gasteiger partial charge on any atom is -0.368 e. The number of rotatable bonds is 4. The summed E-state index contributed by atoms with van der Waals surface area (Å²) in [5.74, 6) is -1.24. The molecule has 2 amide bonds. The van der Waals surface area contributed by atoms with Gasteiger partial charge in [-0.3, -0.25) is 19.7 Å². The summed E-state index contributed by atoms with van der Waals surface area (Å²) in [5, 5.41) is 12.8. The number of nitro benzene ring substituents is 1. The molecular weight excluding hydrogens is 226 g/mol. The molecule has 7 nitrogen and oxygen atoms in total. The van der Waals surface area contributed by atoms with Crippen LogP contribution in [0.3, 0.4) is 0 Å². The predicted octanol–water partition coefficient (Wildman–Crippen LogP) is 0.118.